The molecule has 0 aromatic heterocycles. The predicted octanol–water partition coefficient (Wildman–Crippen LogP) is 4.14. The number of esters is 1. The lowest BCUT2D eigenvalue weighted by atomic mass is 10.2. The summed E-state index contributed by atoms with van der Waals surface area (Å²) in [5.41, 5.74) is 2.21. The van der Waals surface area contributed by atoms with Crippen molar-refractivity contribution in [2.45, 2.75) is 17.5 Å². The summed E-state index contributed by atoms with van der Waals surface area (Å²) in [5, 5.41) is 0. The molecule has 1 aliphatic heterocycles. The highest BCUT2D eigenvalue weighted by Gasteiger charge is 2.19. The molecule has 0 bridgehead atoms. The van der Waals surface area contributed by atoms with Gasteiger partial charge in [-0.05, 0) is 41.2 Å². The molecule has 0 radical (unpaired) electrons. The van der Waals surface area contributed by atoms with Crippen LogP contribution in [-0.2, 0) is 20.9 Å². The van der Waals surface area contributed by atoms with Crippen LogP contribution in [0.25, 0.3) is 0 Å². The zero-order valence-electron chi connectivity index (χ0n) is 16.4. The van der Waals surface area contributed by atoms with Crippen LogP contribution < -0.4 is 4.74 Å². The summed E-state index contributed by atoms with van der Waals surface area (Å²) in [7, 11) is 1.31. The van der Waals surface area contributed by atoms with E-state index in [-0.39, 0.29) is 19.1 Å². The van der Waals surface area contributed by atoms with Crippen LogP contribution >= 0.6 is 23.5 Å². The Morgan fingerprint density at radius 1 is 1.03 bits per heavy atom. The van der Waals surface area contributed by atoms with Crippen molar-refractivity contribution in [3.8, 4) is 5.75 Å². The summed E-state index contributed by atoms with van der Waals surface area (Å²) in [4.78, 5) is 25.8. The van der Waals surface area contributed by atoms with Gasteiger partial charge in [0.25, 0.3) is 5.91 Å². The summed E-state index contributed by atoms with van der Waals surface area (Å²) >= 11 is 3.94. The van der Waals surface area contributed by atoms with Crippen molar-refractivity contribution in [1.29, 1.82) is 0 Å². The molecule has 1 amide bonds. The smallest absolute Gasteiger partial charge is 0.325 e. The molecular formula is C22H25NO4S2. The third-order valence-corrected chi connectivity index (χ3v) is 7.47. The lowest BCUT2D eigenvalue weighted by Gasteiger charge is -2.22. The Hall–Kier alpha value is -2.12. The van der Waals surface area contributed by atoms with E-state index < -0.39 is 5.97 Å². The normalized spacial score (nSPS) is 14.2. The quantitative estimate of drug-likeness (QED) is 0.586. The number of rotatable bonds is 8. The fourth-order valence-electron chi connectivity index (χ4n) is 2.89. The number of carbonyl (C=O) groups excluding carboxylic acids is 2. The topological polar surface area (TPSA) is 55.8 Å². The number of carbonyl (C=O) groups is 2. The molecule has 0 aliphatic carbocycles. The van der Waals surface area contributed by atoms with Gasteiger partial charge in [-0.3, -0.25) is 9.59 Å². The van der Waals surface area contributed by atoms with Gasteiger partial charge in [0, 0.05) is 6.54 Å². The van der Waals surface area contributed by atoms with Gasteiger partial charge in [-0.25, -0.2) is 0 Å². The van der Waals surface area contributed by atoms with Gasteiger partial charge >= 0.3 is 5.97 Å². The van der Waals surface area contributed by atoms with Gasteiger partial charge in [0.05, 0.1) is 11.7 Å². The third kappa shape index (κ3) is 6.72. The van der Waals surface area contributed by atoms with E-state index in [0.717, 1.165) is 5.56 Å². The molecule has 5 nitrogen and oxygen atoms in total. The maximum Gasteiger partial charge on any atom is 0.325 e. The fourth-order valence-corrected chi connectivity index (χ4v) is 5.79. The second kappa shape index (κ2) is 11.2. The summed E-state index contributed by atoms with van der Waals surface area (Å²) in [6.07, 6.45) is 1.26. The number of hydrogen-bond acceptors (Lipinski definition) is 6. The van der Waals surface area contributed by atoms with Gasteiger partial charge in [0.1, 0.15) is 12.3 Å². The molecule has 0 N–H and O–H groups in total. The minimum absolute atomic E-state index is 0.108. The van der Waals surface area contributed by atoms with E-state index in [0.29, 0.717) is 16.9 Å². The molecule has 0 atom stereocenters. The van der Waals surface area contributed by atoms with E-state index in [2.05, 4.69) is 12.1 Å². The molecule has 0 unspecified atom stereocenters. The maximum atomic E-state index is 12.7. The zero-order valence-corrected chi connectivity index (χ0v) is 18.0. The molecule has 0 saturated carbocycles. The number of hydrogen-bond donors (Lipinski definition) is 0. The minimum atomic E-state index is -0.457. The SMILES string of the molecule is COC(=O)CN(Cc1ccccc1)C(=O)COc1ccc(C2SCCCS2)cc1. The van der Waals surface area contributed by atoms with E-state index >= 15 is 0 Å². The molecule has 1 heterocycles. The first-order chi connectivity index (χ1) is 14.2. The van der Waals surface area contributed by atoms with Crippen molar-refractivity contribution < 1.29 is 19.1 Å². The van der Waals surface area contributed by atoms with Crippen LogP contribution in [-0.4, -0.2) is 48.5 Å². The monoisotopic (exact) mass is 431 g/mol. The highest BCUT2D eigenvalue weighted by atomic mass is 32.2. The lowest BCUT2D eigenvalue weighted by molar-refractivity contribution is -0.148. The van der Waals surface area contributed by atoms with Crippen LogP contribution in [0.2, 0.25) is 0 Å². The molecule has 0 spiro atoms. The molecule has 3 rings (SSSR count). The van der Waals surface area contributed by atoms with Crippen molar-refractivity contribution in [1.82, 2.24) is 4.90 Å². The third-order valence-electron chi connectivity index (χ3n) is 4.46. The molecule has 2 aromatic carbocycles. The van der Waals surface area contributed by atoms with Crippen LogP contribution in [0.1, 0.15) is 22.1 Å². The molecule has 1 saturated heterocycles. The zero-order chi connectivity index (χ0) is 20.5. The number of methoxy groups -OCH3 is 1. The molecule has 1 aliphatic rings. The average Bonchev–Trinajstić information content (AvgIpc) is 2.78. The van der Waals surface area contributed by atoms with Gasteiger partial charge in [-0.15, -0.1) is 23.5 Å². The lowest BCUT2D eigenvalue weighted by Crippen LogP contribution is -2.38. The van der Waals surface area contributed by atoms with Crippen molar-refractivity contribution in [3.63, 3.8) is 0 Å². The van der Waals surface area contributed by atoms with Crippen molar-refractivity contribution in [2.75, 3.05) is 31.8 Å². The highest BCUT2D eigenvalue weighted by Crippen LogP contribution is 2.43. The van der Waals surface area contributed by atoms with E-state index in [4.69, 9.17) is 9.47 Å². The largest absolute Gasteiger partial charge is 0.484 e. The first-order valence-corrected chi connectivity index (χ1v) is 11.6. The Balaban J connectivity index is 1.57. The number of amides is 1. The molecule has 7 heteroatoms. The summed E-state index contributed by atoms with van der Waals surface area (Å²) in [6.45, 7) is 0.0892. The second-order valence-corrected chi connectivity index (χ2v) is 9.32. The van der Waals surface area contributed by atoms with E-state index in [9.17, 15) is 9.59 Å². The van der Waals surface area contributed by atoms with Crippen LogP contribution in [0.5, 0.6) is 5.75 Å². The van der Waals surface area contributed by atoms with Crippen LogP contribution in [0.4, 0.5) is 0 Å². The second-order valence-electron chi connectivity index (χ2n) is 6.60. The van der Waals surface area contributed by atoms with Gasteiger partial charge in [-0.2, -0.15) is 0 Å². The van der Waals surface area contributed by atoms with Crippen molar-refractivity contribution in [2.24, 2.45) is 0 Å². The van der Waals surface area contributed by atoms with Crippen LogP contribution in [0.3, 0.4) is 0 Å². The number of nitrogens with zero attached hydrogens (tertiary/aromatic N) is 1. The molecule has 1 fully saturated rings. The van der Waals surface area contributed by atoms with Crippen molar-refractivity contribution in [3.05, 3.63) is 65.7 Å². The number of ether oxygens (including phenoxy) is 2. The van der Waals surface area contributed by atoms with E-state index in [1.54, 1.807) is 0 Å². The highest BCUT2D eigenvalue weighted by molar-refractivity contribution is 8.16. The standard InChI is InChI=1S/C22H25NO4S2/c1-26-21(25)15-23(14-17-6-3-2-4-7-17)20(24)16-27-19-10-8-18(9-11-19)22-28-12-5-13-29-22/h2-4,6-11,22H,5,12-16H2,1H3. The molecule has 2 aromatic rings. The number of thioether (sulfide) groups is 2. The first-order valence-electron chi connectivity index (χ1n) is 9.50. The van der Waals surface area contributed by atoms with E-state index in [1.165, 1.54) is 35.5 Å². The molecular weight excluding hydrogens is 406 g/mol. The van der Waals surface area contributed by atoms with Crippen molar-refractivity contribution >= 4 is 35.4 Å². The Morgan fingerprint density at radius 3 is 2.38 bits per heavy atom. The van der Waals surface area contributed by atoms with Gasteiger partial charge in [0.15, 0.2) is 6.61 Å². The van der Waals surface area contributed by atoms with Crippen LogP contribution in [0, 0.1) is 0 Å². The maximum absolute atomic E-state index is 12.7. The Morgan fingerprint density at radius 2 is 1.72 bits per heavy atom. The summed E-state index contributed by atoms with van der Waals surface area (Å²) < 4.78 is 10.9. The van der Waals surface area contributed by atoms with E-state index in [1.807, 2.05) is 66.0 Å². The molecule has 29 heavy (non-hydrogen) atoms. The summed E-state index contributed by atoms with van der Waals surface area (Å²) in [6, 6.07) is 17.5. The summed E-state index contributed by atoms with van der Waals surface area (Å²) in [5.74, 6) is 2.32. The minimum Gasteiger partial charge on any atom is -0.484 e. The number of benzene rings is 2. The predicted molar refractivity (Wildman–Crippen MR) is 118 cm³/mol. The Bertz CT molecular complexity index is 792. The molecule has 154 valence electrons. The van der Waals surface area contributed by atoms with Gasteiger partial charge in [-0.1, -0.05) is 42.5 Å². The average molecular weight is 432 g/mol. The van der Waals surface area contributed by atoms with Gasteiger partial charge < -0.3 is 14.4 Å². The van der Waals surface area contributed by atoms with Crippen LogP contribution in [0.15, 0.2) is 54.6 Å². The Labute approximate surface area is 180 Å². The fraction of sp³-hybridized carbons (Fsp3) is 0.364. The first kappa shape index (κ1) is 21.6. The Kier molecular flexibility index (Phi) is 8.31. The van der Waals surface area contributed by atoms with Gasteiger partial charge in [0.2, 0.25) is 0 Å².